The maximum Gasteiger partial charge on any atom is 0.262 e. The fourth-order valence-corrected chi connectivity index (χ4v) is 3.23. The standard InChI is InChI=1S/C20H32N2O4/c1-5-25-19-12-15(13-21-16-8-6-7-9-17(16)23)10-11-18(19)26-14(2)20(24)22(3)4/h10-12,14,16-17,21,23H,5-9,13H2,1-4H3. The Morgan fingerprint density at radius 3 is 2.69 bits per heavy atom. The predicted octanol–water partition coefficient (Wildman–Crippen LogP) is 2.33. The average molecular weight is 364 g/mol. The molecule has 6 nitrogen and oxygen atoms in total. The smallest absolute Gasteiger partial charge is 0.262 e. The molecule has 2 N–H and O–H groups in total. The van der Waals surface area contributed by atoms with Crippen molar-refractivity contribution in [3.63, 3.8) is 0 Å². The number of aliphatic hydroxyl groups is 1. The number of rotatable bonds is 8. The fourth-order valence-electron chi connectivity index (χ4n) is 3.23. The van der Waals surface area contributed by atoms with Crippen LogP contribution >= 0.6 is 0 Å². The number of carbonyl (C=O) groups excluding carboxylic acids is 1. The van der Waals surface area contributed by atoms with Crippen molar-refractivity contribution in [2.24, 2.45) is 0 Å². The van der Waals surface area contributed by atoms with Gasteiger partial charge < -0.3 is 24.8 Å². The van der Waals surface area contributed by atoms with E-state index in [-0.39, 0.29) is 18.1 Å². The first-order valence-electron chi connectivity index (χ1n) is 9.47. The molecule has 1 aromatic rings. The lowest BCUT2D eigenvalue weighted by atomic mass is 9.92. The van der Waals surface area contributed by atoms with Crippen molar-refractivity contribution in [3.8, 4) is 11.5 Å². The van der Waals surface area contributed by atoms with E-state index in [9.17, 15) is 9.90 Å². The van der Waals surface area contributed by atoms with Gasteiger partial charge in [-0.25, -0.2) is 0 Å². The van der Waals surface area contributed by atoms with Crippen molar-refractivity contribution < 1.29 is 19.4 Å². The van der Waals surface area contributed by atoms with Crippen LogP contribution in [0.25, 0.3) is 0 Å². The molecule has 0 aliphatic heterocycles. The average Bonchev–Trinajstić information content (AvgIpc) is 2.62. The van der Waals surface area contributed by atoms with Gasteiger partial charge in [0.1, 0.15) is 0 Å². The van der Waals surface area contributed by atoms with Gasteiger partial charge in [-0.05, 0) is 44.4 Å². The summed E-state index contributed by atoms with van der Waals surface area (Å²) in [5, 5.41) is 13.5. The molecule has 26 heavy (non-hydrogen) atoms. The molecule has 2 rings (SSSR count). The molecule has 146 valence electrons. The fraction of sp³-hybridized carbons (Fsp3) is 0.650. The summed E-state index contributed by atoms with van der Waals surface area (Å²) in [4.78, 5) is 13.5. The lowest BCUT2D eigenvalue weighted by Crippen LogP contribution is -2.41. The highest BCUT2D eigenvalue weighted by molar-refractivity contribution is 5.80. The van der Waals surface area contributed by atoms with Gasteiger partial charge >= 0.3 is 0 Å². The van der Waals surface area contributed by atoms with Gasteiger partial charge in [-0.2, -0.15) is 0 Å². The molecule has 0 radical (unpaired) electrons. The zero-order valence-electron chi connectivity index (χ0n) is 16.3. The summed E-state index contributed by atoms with van der Waals surface area (Å²) in [5.74, 6) is 1.11. The number of nitrogens with zero attached hydrogens (tertiary/aromatic N) is 1. The first-order valence-corrected chi connectivity index (χ1v) is 9.47. The normalized spacial score (nSPS) is 21.1. The van der Waals surface area contributed by atoms with Crippen molar-refractivity contribution in [1.82, 2.24) is 10.2 Å². The largest absolute Gasteiger partial charge is 0.490 e. The zero-order chi connectivity index (χ0) is 19.1. The highest BCUT2D eigenvalue weighted by Gasteiger charge is 2.23. The van der Waals surface area contributed by atoms with Crippen LogP contribution < -0.4 is 14.8 Å². The van der Waals surface area contributed by atoms with Crippen molar-refractivity contribution in [3.05, 3.63) is 23.8 Å². The highest BCUT2D eigenvalue weighted by atomic mass is 16.5. The Balaban J connectivity index is 2.03. The monoisotopic (exact) mass is 364 g/mol. The summed E-state index contributed by atoms with van der Waals surface area (Å²) >= 11 is 0. The van der Waals surface area contributed by atoms with Gasteiger partial charge in [0.05, 0.1) is 12.7 Å². The quantitative estimate of drug-likeness (QED) is 0.741. The van der Waals surface area contributed by atoms with Crippen LogP contribution in [0.3, 0.4) is 0 Å². The molecule has 1 fully saturated rings. The second-order valence-electron chi connectivity index (χ2n) is 7.05. The Morgan fingerprint density at radius 1 is 1.31 bits per heavy atom. The van der Waals surface area contributed by atoms with Gasteiger partial charge in [-0.15, -0.1) is 0 Å². The molecule has 1 aliphatic carbocycles. The summed E-state index contributed by atoms with van der Waals surface area (Å²) in [6.45, 7) is 4.83. The molecule has 6 heteroatoms. The molecule has 0 saturated heterocycles. The lowest BCUT2D eigenvalue weighted by Gasteiger charge is -2.28. The van der Waals surface area contributed by atoms with Crippen LogP contribution in [0.4, 0.5) is 0 Å². The van der Waals surface area contributed by atoms with Crippen LogP contribution in [0, 0.1) is 0 Å². The number of hydrogen-bond acceptors (Lipinski definition) is 5. The maximum atomic E-state index is 12.0. The number of benzene rings is 1. The molecule has 1 aromatic carbocycles. The van der Waals surface area contributed by atoms with Crippen molar-refractivity contribution in [2.75, 3.05) is 20.7 Å². The Labute approximate surface area is 156 Å². The molecular weight excluding hydrogens is 332 g/mol. The number of ether oxygens (including phenoxy) is 2. The zero-order valence-corrected chi connectivity index (χ0v) is 16.3. The van der Waals surface area contributed by atoms with Crippen molar-refractivity contribution in [2.45, 2.75) is 64.3 Å². The molecule has 0 heterocycles. The second kappa shape index (κ2) is 9.78. The molecule has 0 aromatic heterocycles. The first-order chi connectivity index (χ1) is 12.4. The molecule has 1 amide bonds. The molecular formula is C20H32N2O4. The van der Waals surface area contributed by atoms with Crippen molar-refractivity contribution in [1.29, 1.82) is 0 Å². The van der Waals surface area contributed by atoms with Crippen LogP contribution in [0.15, 0.2) is 18.2 Å². The molecule has 0 bridgehead atoms. The van der Waals surface area contributed by atoms with Gasteiger partial charge in [0.25, 0.3) is 5.91 Å². The summed E-state index contributed by atoms with van der Waals surface area (Å²) in [5.41, 5.74) is 1.06. The minimum Gasteiger partial charge on any atom is -0.490 e. The van der Waals surface area contributed by atoms with E-state index in [0.29, 0.717) is 24.7 Å². The van der Waals surface area contributed by atoms with Crippen LogP contribution in [-0.4, -0.2) is 54.9 Å². The number of aliphatic hydroxyl groups excluding tert-OH is 1. The molecule has 0 spiro atoms. The van der Waals surface area contributed by atoms with Crippen LogP contribution in [0.5, 0.6) is 11.5 Å². The summed E-state index contributed by atoms with van der Waals surface area (Å²) in [7, 11) is 3.42. The number of carbonyl (C=O) groups is 1. The number of hydrogen-bond donors (Lipinski definition) is 2. The van der Waals surface area contributed by atoms with Gasteiger partial charge in [0.15, 0.2) is 17.6 Å². The van der Waals surface area contributed by atoms with E-state index in [1.807, 2.05) is 25.1 Å². The topological polar surface area (TPSA) is 71.0 Å². The summed E-state index contributed by atoms with van der Waals surface area (Å²) in [6.07, 6.45) is 3.28. The number of nitrogens with one attached hydrogen (secondary N) is 1. The van der Waals surface area contributed by atoms with E-state index in [2.05, 4.69) is 5.32 Å². The Morgan fingerprint density at radius 2 is 2.04 bits per heavy atom. The van der Waals surface area contributed by atoms with Crippen LogP contribution in [0.1, 0.15) is 45.1 Å². The number of amides is 1. The molecule has 3 unspecified atom stereocenters. The van der Waals surface area contributed by atoms with Gasteiger partial charge in [0, 0.05) is 26.7 Å². The van der Waals surface area contributed by atoms with Crippen LogP contribution in [-0.2, 0) is 11.3 Å². The van der Waals surface area contributed by atoms with Gasteiger partial charge in [-0.1, -0.05) is 18.9 Å². The van der Waals surface area contributed by atoms with E-state index >= 15 is 0 Å². The third-order valence-corrected chi connectivity index (χ3v) is 4.70. The number of likely N-dealkylation sites (N-methyl/N-ethyl adjacent to an activating group) is 1. The van der Waals surface area contributed by atoms with Crippen molar-refractivity contribution >= 4 is 5.91 Å². The Hall–Kier alpha value is -1.79. The van der Waals surface area contributed by atoms with Crippen LogP contribution in [0.2, 0.25) is 0 Å². The highest BCUT2D eigenvalue weighted by Crippen LogP contribution is 2.30. The first kappa shape index (κ1) is 20.5. The minimum atomic E-state index is -0.578. The molecule has 1 saturated carbocycles. The SMILES string of the molecule is CCOc1cc(CNC2CCCCC2O)ccc1OC(C)C(=O)N(C)C. The molecule has 1 aliphatic rings. The third kappa shape index (κ3) is 5.61. The van der Waals surface area contributed by atoms with E-state index in [4.69, 9.17) is 9.47 Å². The minimum absolute atomic E-state index is 0.0931. The maximum absolute atomic E-state index is 12.0. The predicted molar refractivity (Wildman–Crippen MR) is 101 cm³/mol. The summed E-state index contributed by atoms with van der Waals surface area (Å²) in [6, 6.07) is 5.90. The summed E-state index contributed by atoms with van der Waals surface area (Å²) < 4.78 is 11.5. The lowest BCUT2D eigenvalue weighted by molar-refractivity contribution is -0.135. The van der Waals surface area contributed by atoms with Gasteiger partial charge in [-0.3, -0.25) is 4.79 Å². The molecule has 3 atom stereocenters. The van der Waals surface area contributed by atoms with E-state index in [0.717, 1.165) is 31.2 Å². The van der Waals surface area contributed by atoms with E-state index < -0.39 is 6.10 Å². The van der Waals surface area contributed by atoms with E-state index in [1.165, 1.54) is 4.90 Å². The Bertz CT molecular complexity index is 591. The third-order valence-electron chi connectivity index (χ3n) is 4.70. The van der Waals surface area contributed by atoms with E-state index in [1.54, 1.807) is 21.0 Å². The Kier molecular flexibility index (Phi) is 7.72. The second-order valence-corrected chi connectivity index (χ2v) is 7.05. The van der Waals surface area contributed by atoms with Gasteiger partial charge in [0.2, 0.25) is 0 Å².